The number of hydrogen-bond donors (Lipinski definition) is 1. The van der Waals surface area contributed by atoms with E-state index in [2.05, 4.69) is 4.98 Å². The molecule has 0 spiro atoms. The minimum atomic E-state index is -4.64. The summed E-state index contributed by atoms with van der Waals surface area (Å²) < 4.78 is 48.7. The normalized spacial score (nSPS) is 13.2. The monoisotopic (exact) mass is 264 g/mol. The molecule has 1 heterocycles. The molecule has 0 aromatic carbocycles. The van der Waals surface area contributed by atoms with Crippen LogP contribution < -0.4 is 5.73 Å². The highest BCUT2D eigenvalue weighted by atomic mass is 35.5. The highest BCUT2D eigenvalue weighted by molar-refractivity contribution is 6.31. The lowest BCUT2D eigenvalue weighted by atomic mass is 10.2. The van der Waals surface area contributed by atoms with E-state index in [4.69, 9.17) is 17.3 Å². The first-order chi connectivity index (χ1) is 6.32. The van der Waals surface area contributed by atoms with Crippen LogP contribution in [0, 0.1) is 5.82 Å². The van der Waals surface area contributed by atoms with Crippen molar-refractivity contribution >= 4 is 24.0 Å². The van der Waals surface area contributed by atoms with Crippen LogP contribution in [0.3, 0.4) is 0 Å². The summed E-state index contributed by atoms with van der Waals surface area (Å²) in [6.07, 6.45) is -4.01. The topological polar surface area (TPSA) is 38.9 Å². The van der Waals surface area contributed by atoms with Gasteiger partial charge in [0, 0.05) is 0 Å². The van der Waals surface area contributed by atoms with E-state index < -0.39 is 28.8 Å². The van der Waals surface area contributed by atoms with Gasteiger partial charge in [0.15, 0.2) is 0 Å². The van der Waals surface area contributed by atoms with Crippen molar-refractivity contribution in [1.82, 2.24) is 4.98 Å². The fourth-order valence-electron chi connectivity index (χ4n) is 0.809. The molecule has 1 aromatic rings. The van der Waals surface area contributed by atoms with E-state index in [1.165, 1.54) is 0 Å². The predicted octanol–water partition coefficient (Wildman–Crippen LogP) is 2.86. The molecule has 0 amide bonds. The number of rotatable bonds is 1. The molecular formula is C7H6Cl2F4N2. The maximum Gasteiger partial charge on any atom is 0.409 e. The molecule has 1 rings (SSSR count). The Labute approximate surface area is 93.8 Å². The minimum Gasteiger partial charge on any atom is -0.315 e. The molecule has 15 heavy (non-hydrogen) atoms. The van der Waals surface area contributed by atoms with Gasteiger partial charge in [-0.15, -0.1) is 12.4 Å². The summed E-state index contributed by atoms with van der Waals surface area (Å²) in [5.41, 5.74) is 4.25. The molecule has 86 valence electrons. The summed E-state index contributed by atoms with van der Waals surface area (Å²) in [5.74, 6) is -0.812. The van der Waals surface area contributed by atoms with Crippen LogP contribution in [0.1, 0.15) is 11.7 Å². The van der Waals surface area contributed by atoms with Gasteiger partial charge in [-0.25, -0.2) is 4.39 Å². The van der Waals surface area contributed by atoms with E-state index in [0.717, 1.165) is 6.07 Å². The number of nitrogens with zero attached hydrogens (tertiary/aromatic N) is 1. The Balaban J connectivity index is 0.00000196. The van der Waals surface area contributed by atoms with Crippen LogP contribution in [0.2, 0.25) is 5.02 Å². The van der Waals surface area contributed by atoms with Crippen LogP contribution in [-0.2, 0) is 0 Å². The smallest absolute Gasteiger partial charge is 0.315 e. The lowest BCUT2D eigenvalue weighted by Crippen LogP contribution is -2.29. The number of alkyl halides is 3. The van der Waals surface area contributed by atoms with Crippen LogP contribution >= 0.6 is 24.0 Å². The first-order valence-corrected chi connectivity index (χ1v) is 3.83. The van der Waals surface area contributed by atoms with E-state index in [1.807, 2.05) is 0 Å². The summed E-state index contributed by atoms with van der Waals surface area (Å²) in [7, 11) is 0. The lowest BCUT2D eigenvalue weighted by molar-refractivity contribution is -0.150. The fraction of sp³-hybridized carbons (Fsp3) is 0.286. The third-order valence-electron chi connectivity index (χ3n) is 1.48. The van der Waals surface area contributed by atoms with Gasteiger partial charge in [0.05, 0.1) is 16.9 Å². The summed E-state index contributed by atoms with van der Waals surface area (Å²) in [4.78, 5) is 3.19. The van der Waals surface area contributed by atoms with Gasteiger partial charge in [-0.2, -0.15) is 13.2 Å². The van der Waals surface area contributed by atoms with Crippen LogP contribution in [0.25, 0.3) is 0 Å². The van der Waals surface area contributed by atoms with Crippen LogP contribution in [0.5, 0.6) is 0 Å². The minimum absolute atomic E-state index is 0. The molecule has 1 unspecified atom stereocenters. The van der Waals surface area contributed by atoms with Crippen molar-refractivity contribution < 1.29 is 17.6 Å². The number of hydrogen-bond acceptors (Lipinski definition) is 2. The third kappa shape index (κ3) is 3.48. The molecule has 0 fully saturated rings. The third-order valence-corrected chi connectivity index (χ3v) is 1.79. The predicted molar refractivity (Wildman–Crippen MR) is 49.4 cm³/mol. The molecule has 0 bridgehead atoms. The Morgan fingerprint density at radius 2 is 1.93 bits per heavy atom. The molecular weight excluding hydrogens is 259 g/mol. The molecule has 0 aliphatic heterocycles. The van der Waals surface area contributed by atoms with Crippen molar-refractivity contribution in [2.45, 2.75) is 12.2 Å². The standard InChI is InChI=1S/C7H5ClF4N2.ClH/c8-4-1-3(9)2-14-5(4)6(13)7(10,11)12;/h1-2,6H,13H2;1H. The SMILES string of the molecule is Cl.NC(c1ncc(F)cc1Cl)C(F)(F)F. The second-order valence-corrected chi connectivity index (χ2v) is 2.95. The maximum absolute atomic E-state index is 12.4. The Morgan fingerprint density at radius 3 is 2.33 bits per heavy atom. The average Bonchev–Trinajstić information content (AvgIpc) is 2.01. The van der Waals surface area contributed by atoms with E-state index >= 15 is 0 Å². The molecule has 1 aromatic heterocycles. The van der Waals surface area contributed by atoms with Crippen molar-refractivity contribution in [1.29, 1.82) is 0 Å². The van der Waals surface area contributed by atoms with Gasteiger partial charge in [0.25, 0.3) is 0 Å². The molecule has 2 N–H and O–H groups in total. The second-order valence-electron chi connectivity index (χ2n) is 2.54. The summed E-state index contributed by atoms with van der Waals surface area (Å²) in [6, 6.07) is -1.56. The largest absolute Gasteiger partial charge is 0.409 e. The Hall–Kier alpha value is -0.590. The van der Waals surface area contributed by atoms with Gasteiger partial charge in [-0.1, -0.05) is 11.6 Å². The molecule has 0 aliphatic carbocycles. The van der Waals surface area contributed by atoms with Gasteiger partial charge >= 0.3 is 6.18 Å². The Morgan fingerprint density at radius 1 is 1.40 bits per heavy atom. The first-order valence-electron chi connectivity index (χ1n) is 3.45. The Bertz CT molecular complexity index is 342. The molecule has 0 aliphatic rings. The van der Waals surface area contributed by atoms with Gasteiger partial charge in [-0.05, 0) is 6.07 Å². The van der Waals surface area contributed by atoms with Gasteiger partial charge in [0.1, 0.15) is 11.9 Å². The summed E-state index contributed by atoms with van der Waals surface area (Å²) >= 11 is 5.35. The molecule has 0 saturated heterocycles. The van der Waals surface area contributed by atoms with E-state index in [1.54, 1.807) is 0 Å². The average molecular weight is 265 g/mol. The van der Waals surface area contributed by atoms with Crippen molar-refractivity contribution in [2.75, 3.05) is 0 Å². The van der Waals surface area contributed by atoms with Gasteiger partial charge < -0.3 is 5.73 Å². The molecule has 8 heteroatoms. The van der Waals surface area contributed by atoms with E-state index in [-0.39, 0.29) is 12.4 Å². The number of aromatic nitrogens is 1. The number of pyridine rings is 1. The van der Waals surface area contributed by atoms with Crippen LogP contribution in [0.4, 0.5) is 17.6 Å². The summed E-state index contributed by atoms with van der Waals surface area (Å²) in [6.45, 7) is 0. The fourth-order valence-corrected chi connectivity index (χ4v) is 1.08. The Kier molecular flexibility index (Phi) is 4.76. The highest BCUT2D eigenvalue weighted by Crippen LogP contribution is 2.32. The van der Waals surface area contributed by atoms with Crippen molar-refractivity contribution in [3.8, 4) is 0 Å². The highest BCUT2D eigenvalue weighted by Gasteiger charge is 2.40. The van der Waals surface area contributed by atoms with Crippen molar-refractivity contribution in [3.63, 3.8) is 0 Å². The van der Waals surface area contributed by atoms with Gasteiger partial charge in [-0.3, -0.25) is 4.98 Å². The molecule has 0 saturated carbocycles. The maximum atomic E-state index is 12.4. The van der Waals surface area contributed by atoms with Crippen molar-refractivity contribution in [2.24, 2.45) is 5.73 Å². The zero-order valence-corrected chi connectivity index (χ0v) is 8.63. The number of halogens is 6. The second kappa shape index (κ2) is 4.96. The zero-order valence-electron chi connectivity index (χ0n) is 7.05. The van der Waals surface area contributed by atoms with E-state index in [0.29, 0.717) is 6.20 Å². The molecule has 0 radical (unpaired) electrons. The van der Waals surface area contributed by atoms with Gasteiger partial charge in [0.2, 0.25) is 0 Å². The zero-order chi connectivity index (χ0) is 10.9. The van der Waals surface area contributed by atoms with Crippen LogP contribution in [-0.4, -0.2) is 11.2 Å². The van der Waals surface area contributed by atoms with Crippen molar-refractivity contribution in [3.05, 3.63) is 28.8 Å². The summed E-state index contributed by atoms with van der Waals surface area (Å²) in [5, 5.41) is -0.435. The lowest BCUT2D eigenvalue weighted by Gasteiger charge is -2.15. The first kappa shape index (κ1) is 14.4. The molecule has 2 nitrogen and oxygen atoms in total. The van der Waals surface area contributed by atoms with E-state index in [9.17, 15) is 17.6 Å². The number of nitrogens with two attached hydrogens (primary N) is 1. The van der Waals surface area contributed by atoms with Crippen LogP contribution in [0.15, 0.2) is 12.3 Å². The quantitative estimate of drug-likeness (QED) is 0.793. The molecule has 1 atom stereocenters.